The Morgan fingerprint density at radius 2 is 1.86 bits per heavy atom. The highest BCUT2D eigenvalue weighted by molar-refractivity contribution is 4.77. The summed E-state index contributed by atoms with van der Waals surface area (Å²) in [5.41, 5.74) is 0. The van der Waals surface area contributed by atoms with Gasteiger partial charge in [-0.05, 0) is 31.8 Å². The highest BCUT2D eigenvalue weighted by Crippen LogP contribution is 2.27. The van der Waals surface area contributed by atoms with Gasteiger partial charge in [-0.25, -0.2) is 0 Å². The number of hydrogen-bond acceptors (Lipinski definition) is 2. The molecule has 2 aliphatic rings. The van der Waals surface area contributed by atoms with Gasteiger partial charge in [0.15, 0.2) is 0 Å². The minimum absolute atomic E-state index is 0.934. The zero-order chi connectivity index (χ0) is 9.80. The first kappa shape index (κ1) is 10.4. The summed E-state index contributed by atoms with van der Waals surface area (Å²) in [6.07, 6.45) is 7.41. The summed E-state index contributed by atoms with van der Waals surface area (Å²) in [5, 5.41) is 3.34. The van der Waals surface area contributed by atoms with Crippen LogP contribution in [0, 0.1) is 11.8 Å². The van der Waals surface area contributed by atoms with Crippen LogP contribution in [-0.4, -0.2) is 38.1 Å². The molecule has 0 aromatic carbocycles. The molecule has 0 aromatic rings. The molecule has 2 nitrogen and oxygen atoms in total. The Kier molecular flexibility index (Phi) is 3.82. The number of nitrogens with one attached hydrogen (secondary N) is 1. The van der Waals surface area contributed by atoms with Crippen LogP contribution in [-0.2, 0) is 0 Å². The van der Waals surface area contributed by atoms with E-state index >= 15 is 0 Å². The lowest BCUT2D eigenvalue weighted by Gasteiger charge is -2.31. The molecule has 1 saturated heterocycles. The van der Waals surface area contributed by atoms with Crippen molar-refractivity contribution in [3.63, 3.8) is 0 Å². The van der Waals surface area contributed by atoms with Crippen molar-refractivity contribution in [2.45, 2.75) is 32.1 Å². The topological polar surface area (TPSA) is 15.3 Å². The average molecular weight is 196 g/mol. The van der Waals surface area contributed by atoms with Crippen molar-refractivity contribution in [2.24, 2.45) is 11.8 Å². The number of nitrogens with zero attached hydrogens (tertiary/aromatic N) is 1. The second-order valence-corrected chi connectivity index (χ2v) is 5.23. The van der Waals surface area contributed by atoms with Crippen molar-refractivity contribution in [3.05, 3.63) is 0 Å². The van der Waals surface area contributed by atoms with E-state index in [1.165, 1.54) is 58.3 Å². The second kappa shape index (κ2) is 5.13. The molecule has 1 aliphatic heterocycles. The Hall–Kier alpha value is -0.0800. The Morgan fingerprint density at radius 3 is 2.43 bits per heavy atom. The molecule has 1 aliphatic carbocycles. The lowest BCUT2D eigenvalue weighted by atomic mass is 10.0. The lowest BCUT2D eigenvalue weighted by molar-refractivity contribution is 0.213. The third kappa shape index (κ3) is 2.96. The van der Waals surface area contributed by atoms with Gasteiger partial charge in [-0.1, -0.05) is 25.7 Å². The van der Waals surface area contributed by atoms with Gasteiger partial charge < -0.3 is 10.2 Å². The molecule has 82 valence electrons. The minimum atomic E-state index is 0.934. The van der Waals surface area contributed by atoms with Crippen molar-refractivity contribution in [3.8, 4) is 0 Å². The predicted octanol–water partition coefficient (Wildman–Crippen LogP) is 1.72. The van der Waals surface area contributed by atoms with Crippen LogP contribution in [0.5, 0.6) is 0 Å². The van der Waals surface area contributed by atoms with Gasteiger partial charge in [-0.2, -0.15) is 0 Å². The van der Waals surface area contributed by atoms with Crippen LogP contribution in [0.15, 0.2) is 0 Å². The van der Waals surface area contributed by atoms with Gasteiger partial charge in [-0.15, -0.1) is 0 Å². The van der Waals surface area contributed by atoms with E-state index in [1.807, 2.05) is 0 Å². The molecule has 0 spiro atoms. The zero-order valence-corrected chi connectivity index (χ0v) is 9.47. The Morgan fingerprint density at radius 1 is 1.14 bits per heavy atom. The first-order valence-electron chi connectivity index (χ1n) is 6.24. The molecule has 0 radical (unpaired) electrons. The SMILES string of the molecule is CN(CCC1CCCC1)CC1CNC1. The van der Waals surface area contributed by atoms with Crippen LogP contribution >= 0.6 is 0 Å². The zero-order valence-electron chi connectivity index (χ0n) is 9.47. The van der Waals surface area contributed by atoms with Crippen LogP contribution in [0.1, 0.15) is 32.1 Å². The highest BCUT2D eigenvalue weighted by Gasteiger charge is 2.19. The fraction of sp³-hybridized carbons (Fsp3) is 1.00. The van der Waals surface area contributed by atoms with E-state index in [1.54, 1.807) is 0 Å². The first-order chi connectivity index (χ1) is 6.84. The van der Waals surface area contributed by atoms with E-state index < -0.39 is 0 Å². The van der Waals surface area contributed by atoms with Crippen molar-refractivity contribution >= 4 is 0 Å². The molecular weight excluding hydrogens is 172 g/mol. The quantitative estimate of drug-likeness (QED) is 0.720. The fourth-order valence-corrected chi connectivity index (χ4v) is 2.71. The molecule has 14 heavy (non-hydrogen) atoms. The number of hydrogen-bond donors (Lipinski definition) is 1. The van der Waals surface area contributed by atoms with Crippen molar-refractivity contribution in [1.29, 1.82) is 0 Å². The van der Waals surface area contributed by atoms with E-state index in [2.05, 4.69) is 17.3 Å². The predicted molar refractivity (Wildman–Crippen MR) is 60.4 cm³/mol. The summed E-state index contributed by atoms with van der Waals surface area (Å²) in [4.78, 5) is 2.53. The highest BCUT2D eigenvalue weighted by atomic mass is 15.1. The van der Waals surface area contributed by atoms with Crippen LogP contribution in [0.3, 0.4) is 0 Å². The summed E-state index contributed by atoms with van der Waals surface area (Å²) in [6.45, 7) is 5.11. The molecule has 0 aromatic heterocycles. The van der Waals surface area contributed by atoms with Gasteiger partial charge in [0.05, 0.1) is 0 Å². The van der Waals surface area contributed by atoms with Crippen molar-refractivity contribution in [1.82, 2.24) is 10.2 Å². The summed E-state index contributed by atoms with van der Waals surface area (Å²) in [7, 11) is 2.28. The molecule has 1 heterocycles. The van der Waals surface area contributed by atoms with Crippen LogP contribution in [0.25, 0.3) is 0 Å². The maximum Gasteiger partial charge on any atom is 0.00309 e. The molecule has 2 heteroatoms. The van der Waals surface area contributed by atoms with E-state index in [-0.39, 0.29) is 0 Å². The molecule has 0 unspecified atom stereocenters. The van der Waals surface area contributed by atoms with E-state index in [4.69, 9.17) is 0 Å². The molecule has 0 atom stereocenters. The third-order valence-electron chi connectivity index (χ3n) is 3.83. The summed E-state index contributed by atoms with van der Waals surface area (Å²) >= 11 is 0. The van der Waals surface area contributed by atoms with Gasteiger partial charge in [0, 0.05) is 19.6 Å². The van der Waals surface area contributed by atoms with Gasteiger partial charge in [0.1, 0.15) is 0 Å². The largest absolute Gasteiger partial charge is 0.316 e. The molecule has 1 saturated carbocycles. The third-order valence-corrected chi connectivity index (χ3v) is 3.83. The van der Waals surface area contributed by atoms with Gasteiger partial charge in [0.2, 0.25) is 0 Å². The fourth-order valence-electron chi connectivity index (χ4n) is 2.71. The second-order valence-electron chi connectivity index (χ2n) is 5.23. The Balaban J connectivity index is 1.54. The van der Waals surface area contributed by atoms with Gasteiger partial charge in [-0.3, -0.25) is 0 Å². The van der Waals surface area contributed by atoms with Gasteiger partial charge >= 0.3 is 0 Å². The molecular formula is C12H24N2. The molecule has 2 rings (SSSR count). The number of rotatable bonds is 5. The normalized spacial score (nSPS) is 24.4. The maximum absolute atomic E-state index is 3.34. The molecule has 2 fully saturated rings. The van der Waals surface area contributed by atoms with Gasteiger partial charge in [0.25, 0.3) is 0 Å². The van der Waals surface area contributed by atoms with Crippen molar-refractivity contribution < 1.29 is 0 Å². The molecule has 1 N–H and O–H groups in total. The average Bonchev–Trinajstić information content (AvgIpc) is 2.60. The molecule has 0 bridgehead atoms. The van der Waals surface area contributed by atoms with E-state index in [0.29, 0.717) is 0 Å². The van der Waals surface area contributed by atoms with Crippen molar-refractivity contribution in [2.75, 3.05) is 33.2 Å². The monoisotopic (exact) mass is 196 g/mol. The maximum atomic E-state index is 3.34. The Bertz CT molecular complexity index is 160. The lowest BCUT2D eigenvalue weighted by Crippen LogP contribution is -2.47. The smallest absolute Gasteiger partial charge is 0.00309 e. The van der Waals surface area contributed by atoms with Crippen LogP contribution in [0.2, 0.25) is 0 Å². The van der Waals surface area contributed by atoms with E-state index in [0.717, 1.165) is 11.8 Å². The van der Waals surface area contributed by atoms with Crippen LogP contribution < -0.4 is 5.32 Å². The van der Waals surface area contributed by atoms with Crippen LogP contribution in [0.4, 0.5) is 0 Å². The minimum Gasteiger partial charge on any atom is -0.316 e. The summed E-state index contributed by atoms with van der Waals surface area (Å²) in [6, 6.07) is 0. The molecule has 0 amide bonds. The first-order valence-corrected chi connectivity index (χ1v) is 6.24. The van der Waals surface area contributed by atoms with E-state index in [9.17, 15) is 0 Å². The summed E-state index contributed by atoms with van der Waals surface area (Å²) < 4.78 is 0. The summed E-state index contributed by atoms with van der Waals surface area (Å²) in [5.74, 6) is 1.99. The standard InChI is InChI=1S/C12H24N2/c1-14(10-12-8-13-9-12)7-6-11-4-2-3-5-11/h11-13H,2-10H2,1H3. The Labute approximate surface area is 88.1 Å².